The largest absolute Gasteiger partial charge is 0.456 e. The minimum absolute atomic E-state index is 0.0783. The molecule has 8 nitrogen and oxygen atoms in total. The van der Waals surface area contributed by atoms with Gasteiger partial charge in [0.1, 0.15) is 33.9 Å². The van der Waals surface area contributed by atoms with Crippen LogP contribution in [0.4, 0.5) is 4.39 Å². The van der Waals surface area contributed by atoms with E-state index in [-0.39, 0.29) is 31.0 Å². The first kappa shape index (κ1) is 21.5. The van der Waals surface area contributed by atoms with Crippen LogP contribution in [0.2, 0.25) is 0 Å². The molecule has 2 saturated heterocycles. The van der Waals surface area contributed by atoms with E-state index in [4.69, 9.17) is 14.2 Å². The number of hydrogen-bond acceptors (Lipinski definition) is 7. The van der Waals surface area contributed by atoms with Gasteiger partial charge in [-0.2, -0.15) is 0 Å². The molecule has 0 saturated carbocycles. The van der Waals surface area contributed by atoms with Crippen LogP contribution in [0.25, 0.3) is 0 Å². The summed E-state index contributed by atoms with van der Waals surface area (Å²) < 4.78 is 59.8. The lowest BCUT2D eigenvalue weighted by atomic mass is 9.82. The van der Waals surface area contributed by atoms with E-state index in [1.165, 1.54) is 38.6 Å². The van der Waals surface area contributed by atoms with Crippen molar-refractivity contribution < 1.29 is 27.0 Å². The summed E-state index contributed by atoms with van der Waals surface area (Å²) in [6.45, 7) is 3.98. The monoisotopic (exact) mass is 449 g/mol. The summed E-state index contributed by atoms with van der Waals surface area (Å²) in [5.41, 5.74) is -1.24. The fourth-order valence-electron chi connectivity index (χ4n) is 4.10. The highest BCUT2D eigenvalue weighted by Crippen LogP contribution is 2.44. The Balaban J connectivity index is 1.80. The highest BCUT2D eigenvalue weighted by Gasteiger charge is 2.58. The van der Waals surface area contributed by atoms with Gasteiger partial charge in [-0.15, -0.1) is 0 Å². The van der Waals surface area contributed by atoms with Crippen molar-refractivity contribution in [3.05, 3.63) is 66.5 Å². The molecule has 0 amide bonds. The van der Waals surface area contributed by atoms with Crippen LogP contribution in [0, 0.1) is 5.82 Å². The van der Waals surface area contributed by atoms with Crippen LogP contribution in [-0.4, -0.2) is 56.4 Å². The maximum Gasteiger partial charge on any atom is 0.241 e. The predicted octanol–water partition coefficient (Wildman–Crippen LogP) is 2.35. The number of sulfonamides is 1. The molecule has 2 aliphatic heterocycles. The Morgan fingerprint density at radius 1 is 1.39 bits per heavy atom. The van der Waals surface area contributed by atoms with Gasteiger partial charge in [0, 0.05) is 25.9 Å². The van der Waals surface area contributed by atoms with Gasteiger partial charge in [-0.1, -0.05) is 6.58 Å². The average molecular weight is 450 g/mol. The van der Waals surface area contributed by atoms with Crippen molar-refractivity contribution in [1.29, 1.82) is 0 Å². The Morgan fingerprint density at radius 2 is 2.19 bits per heavy atom. The van der Waals surface area contributed by atoms with Gasteiger partial charge in [0.25, 0.3) is 0 Å². The molecule has 3 heterocycles. The van der Waals surface area contributed by atoms with Gasteiger partial charge in [0.15, 0.2) is 0 Å². The zero-order valence-electron chi connectivity index (χ0n) is 17.2. The second-order valence-corrected chi connectivity index (χ2v) is 9.75. The number of hydrogen-bond donors (Lipinski definition) is 1. The fraction of sp³-hybridized carbons (Fsp3) is 0.381. The lowest BCUT2D eigenvalue weighted by Crippen LogP contribution is -2.68. The second-order valence-electron chi connectivity index (χ2n) is 7.60. The fourth-order valence-corrected chi connectivity index (χ4v) is 6.05. The Labute approximate surface area is 180 Å². The first-order valence-electron chi connectivity index (χ1n) is 9.71. The summed E-state index contributed by atoms with van der Waals surface area (Å²) in [7, 11) is -0.896. The third-order valence-corrected chi connectivity index (χ3v) is 8.00. The number of aromatic nitrogens is 1. The lowest BCUT2D eigenvalue weighted by molar-refractivity contribution is -0.0714. The maximum atomic E-state index is 15.2. The summed E-state index contributed by atoms with van der Waals surface area (Å²) in [6, 6.07) is 7.66. The number of rotatable bonds is 5. The van der Waals surface area contributed by atoms with Crippen molar-refractivity contribution in [2.75, 3.05) is 27.4 Å². The van der Waals surface area contributed by atoms with E-state index in [1.807, 2.05) is 0 Å². The Hall–Kier alpha value is -2.69. The van der Waals surface area contributed by atoms with Gasteiger partial charge in [-0.25, -0.2) is 12.8 Å². The van der Waals surface area contributed by atoms with Crippen LogP contribution in [0.3, 0.4) is 0 Å². The minimum atomic E-state index is -3.84. The summed E-state index contributed by atoms with van der Waals surface area (Å²) in [5.74, 6) is 0.392. The maximum absolute atomic E-state index is 15.2. The summed E-state index contributed by atoms with van der Waals surface area (Å²) in [5, 5.41) is 2.13. The molecule has 10 heteroatoms. The third kappa shape index (κ3) is 3.75. The van der Waals surface area contributed by atoms with E-state index < -0.39 is 32.7 Å². The molecule has 0 unspecified atom stereocenters. The van der Waals surface area contributed by atoms with Gasteiger partial charge in [-0.05, 0) is 36.8 Å². The van der Waals surface area contributed by atoms with Crippen molar-refractivity contribution in [3.63, 3.8) is 0 Å². The van der Waals surface area contributed by atoms with Crippen LogP contribution >= 0.6 is 0 Å². The number of methoxy groups -OCH3 is 1. The normalized spacial score (nSPS) is 27.3. The molecule has 166 valence electrons. The van der Waals surface area contributed by atoms with Gasteiger partial charge < -0.3 is 19.5 Å². The summed E-state index contributed by atoms with van der Waals surface area (Å²) in [4.78, 5) is 4.00. The third-order valence-electron chi connectivity index (χ3n) is 5.70. The van der Waals surface area contributed by atoms with Gasteiger partial charge in [0.05, 0.1) is 25.5 Å². The first-order valence-corrected chi connectivity index (χ1v) is 11.2. The number of halogens is 1. The molecule has 1 N–H and O–H groups in total. The van der Waals surface area contributed by atoms with Crippen molar-refractivity contribution >= 4 is 10.0 Å². The molecule has 0 bridgehead atoms. The van der Waals surface area contributed by atoms with Crippen LogP contribution in [0.15, 0.2) is 55.1 Å². The van der Waals surface area contributed by atoms with Gasteiger partial charge in [0.2, 0.25) is 10.0 Å². The van der Waals surface area contributed by atoms with Crippen LogP contribution in [-0.2, 0) is 25.0 Å². The molecule has 0 spiro atoms. The van der Waals surface area contributed by atoms with Crippen molar-refractivity contribution in [1.82, 2.24) is 14.6 Å². The Bertz CT molecular complexity index is 1080. The number of ether oxygens (including phenoxy) is 3. The molecular formula is C21H24FN3O5S. The number of benzene rings is 1. The highest BCUT2D eigenvalue weighted by molar-refractivity contribution is 7.90. The standard InChI is InChI=1S/C21H24FN3O5S/c1-14-24-21(13-29-17(12-28-3)10-20(21)31(26,27)25(14)2)18-9-15(6-7-19(18)22)30-16-5-4-8-23-11-16/h4-9,11,17,20,24H,1,10,12-13H2,2-3H3/t17-,20-,21-/m1/s1. The highest BCUT2D eigenvalue weighted by atomic mass is 32.2. The second kappa shape index (κ2) is 8.10. The Morgan fingerprint density at radius 3 is 2.90 bits per heavy atom. The van der Waals surface area contributed by atoms with E-state index in [0.717, 1.165) is 4.31 Å². The molecule has 2 fully saturated rings. The molecule has 4 rings (SSSR count). The van der Waals surface area contributed by atoms with E-state index in [1.54, 1.807) is 18.3 Å². The van der Waals surface area contributed by atoms with E-state index in [2.05, 4.69) is 16.9 Å². The molecule has 0 aliphatic carbocycles. The van der Waals surface area contributed by atoms with Crippen molar-refractivity contribution in [2.45, 2.75) is 23.3 Å². The molecule has 1 aromatic carbocycles. The van der Waals surface area contributed by atoms with Crippen LogP contribution in [0.1, 0.15) is 12.0 Å². The number of nitrogens with one attached hydrogen (secondary N) is 1. The molecular weight excluding hydrogens is 425 g/mol. The average Bonchev–Trinajstić information content (AvgIpc) is 2.75. The molecule has 2 aromatic rings. The summed E-state index contributed by atoms with van der Waals surface area (Å²) in [6.07, 6.45) is 2.84. The molecule has 3 atom stereocenters. The van der Waals surface area contributed by atoms with Crippen molar-refractivity contribution in [2.24, 2.45) is 0 Å². The van der Waals surface area contributed by atoms with E-state index in [9.17, 15) is 8.42 Å². The zero-order valence-corrected chi connectivity index (χ0v) is 18.1. The van der Waals surface area contributed by atoms with Gasteiger partial charge in [-0.3, -0.25) is 9.29 Å². The molecule has 0 radical (unpaired) electrons. The van der Waals surface area contributed by atoms with E-state index in [0.29, 0.717) is 11.5 Å². The lowest BCUT2D eigenvalue weighted by Gasteiger charge is -2.52. The molecule has 2 aliphatic rings. The topological polar surface area (TPSA) is 90.0 Å². The zero-order chi connectivity index (χ0) is 22.2. The Kier molecular flexibility index (Phi) is 5.63. The molecule has 31 heavy (non-hydrogen) atoms. The SMILES string of the molecule is C=C1N[C@@]2(c3cc(Oc4cccnc4)ccc3F)CO[C@@H](COC)C[C@H]2S(=O)(=O)N1C. The minimum Gasteiger partial charge on any atom is -0.456 e. The van der Waals surface area contributed by atoms with Crippen molar-refractivity contribution in [3.8, 4) is 11.5 Å². The molecule has 1 aromatic heterocycles. The van der Waals surface area contributed by atoms with Crippen LogP contribution < -0.4 is 10.1 Å². The summed E-state index contributed by atoms with van der Waals surface area (Å²) >= 11 is 0. The van der Waals surface area contributed by atoms with E-state index >= 15 is 4.39 Å². The quantitative estimate of drug-likeness (QED) is 0.749. The predicted molar refractivity (Wildman–Crippen MR) is 111 cm³/mol. The number of pyridine rings is 1. The smallest absolute Gasteiger partial charge is 0.241 e. The van der Waals surface area contributed by atoms with Gasteiger partial charge >= 0.3 is 0 Å². The number of nitrogens with zero attached hydrogens (tertiary/aromatic N) is 2. The van der Waals surface area contributed by atoms with Crippen LogP contribution in [0.5, 0.6) is 11.5 Å². The number of fused-ring (bicyclic) bond motifs is 1. The first-order chi connectivity index (χ1) is 14.8.